The molecule has 0 spiro atoms. The molecule has 0 bridgehead atoms. The predicted octanol–water partition coefficient (Wildman–Crippen LogP) is 3.33. The quantitative estimate of drug-likeness (QED) is 0.903. The summed E-state index contributed by atoms with van der Waals surface area (Å²) < 4.78 is 1.12. The molecule has 1 amide bonds. The molecule has 3 nitrogen and oxygen atoms in total. The molecular weight excluding hydrogens is 328 g/mol. The van der Waals surface area contributed by atoms with Crippen molar-refractivity contribution in [2.24, 2.45) is 5.92 Å². The summed E-state index contributed by atoms with van der Waals surface area (Å²) in [5, 5.41) is 3.19. The van der Waals surface area contributed by atoms with E-state index < -0.39 is 0 Å². The lowest BCUT2D eigenvalue weighted by molar-refractivity contribution is -0.127. The fourth-order valence-electron chi connectivity index (χ4n) is 3.07. The summed E-state index contributed by atoms with van der Waals surface area (Å²) in [6.07, 6.45) is 5.61. The number of amides is 1. The van der Waals surface area contributed by atoms with E-state index in [0.717, 1.165) is 36.9 Å². The zero-order valence-electron chi connectivity index (χ0n) is 12.4. The third-order valence-corrected chi connectivity index (χ3v) is 5.26. The van der Waals surface area contributed by atoms with Gasteiger partial charge in [0, 0.05) is 23.0 Å². The maximum Gasteiger partial charge on any atom is 0.223 e. The van der Waals surface area contributed by atoms with Crippen molar-refractivity contribution >= 4 is 21.8 Å². The Morgan fingerprint density at radius 1 is 1.14 bits per heavy atom. The van der Waals surface area contributed by atoms with Gasteiger partial charge in [-0.1, -0.05) is 28.1 Å². The van der Waals surface area contributed by atoms with Gasteiger partial charge in [0.2, 0.25) is 5.91 Å². The number of hydrogen-bond donors (Lipinski definition) is 1. The third kappa shape index (κ3) is 4.07. The molecule has 0 radical (unpaired) electrons. The Bertz CT molecular complexity index is 476. The van der Waals surface area contributed by atoms with E-state index in [1.54, 1.807) is 0 Å². The van der Waals surface area contributed by atoms with Crippen LogP contribution in [0.5, 0.6) is 0 Å². The number of nitrogens with one attached hydrogen (secondary N) is 1. The van der Waals surface area contributed by atoms with Gasteiger partial charge in [-0.05, 0) is 62.9 Å². The zero-order valence-corrected chi connectivity index (χ0v) is 13.9. The van der Waals surface area contributed by atoms with E-state index in [2.05, 4.69) is 50.4 Å². The van der Waals surface area contributed by atoms with Crippen molar-refractivity contribution in [3.05, 3.63) is 34.3 Å². The largest absolute Gasteiger partial charge is 0.353 e. The summed E-state index contributed by atoms with van der Waals surface area (Å²) >= 11 is 3.47. The number of carbonyl (C=O) groups excluding carboxylic acids is 1. The first-order valence-electron chi connectivity index (χ1n) is 7.98. The Morgan fingerprint density at radius 2 is 1.81 bits per heavy atom. The minimum Gasteiger partial charge on any atom is -0.353 e. The molecule has 1 aromatic carbocycles. The van der Waals surface area contributed by atoms with Gasteiger partial charge in [-0.2, -0.15) is 0 Å². The highest BCUT2D eigenvalue weighted by Crippen LogP contribution is 2.23. The van der Waals surface area contributed by atoms with Crippen molar-refractivity contribution < 1.29 is 4.79 Å². The first-order chi connectivity index (χ1) is 10.2. The van der Waals surface area contributed by atoms with Gasteiger partial charge in [-0.15, -0.1) is 0 Å². The average Bonchev–Trinajstić information content (AvgIpc) is 2.46. The van der Waals surface area contributed by atoms with Gasteiger partial charge in [0.05, 0.1) is 0 Å². The fourth-order valence-corrected chi connectivity index (χ4v) is 3.34. The highest BCUT2D eigenvalue weighted by Gasteiger charge is 2.28. The summed E-state index contributed by atoms with van der Waals surface area (Å²) in [6.45, 7) is 3.04. The molecule has 0 unspecified atom stereocenters. The minimum atomic E-state index is 0.228. The van der Waals surface area contributed by atoms with Crippen LogP contribution in [-0.2, 0) is 11.3 Å². The Kier molecular flexibility index (Phi) is 4.96. The SMILES string of the molecule is O=C(NC1CCC1)C1CCN(Cc2ccc(Br)cc2)CC1. The van der Waals surface area contributed by atoms with Crippen molar-refractivity contribution in [3.8, 4) is 0 Å². The number of piperidine rings is 1. The summed E-state index contributed by atoms with van der Waals surface area (Å²) in [5.74, 6) is 0.523. The molecule has 1 heterocycles. The van der Waals surface area contributed by atoms with Crippen LogP contribution in [0.15, 0.2) is 28.7 Å². The Morgan fingerprint density at radius 3 is 2.38 bits per heavy atom. The van der Waals surface area contributed by atoms with Crippen LogP contribution in [-0.4, -0.2) is 29.9 Å². The maximum atomic E-state index is 12.2. The highest BCUT2D eigenvalue weighted by atomic mass is 79.9. The van der Waals surface area contributed by atoms with Crippen LogP contribution in [0.1, 0.15) is 37.7 Å². The lowest BCUT2D eigenvalue weighted by Gasteiger charge is -2.33. The molecule has 2 aliphatic rings. The van der Waals surface area contributed by atoms with E-state index in [1.807, 2.05) is 0 Å². The number of rotatable bonds is 4. The van der Waals surface area contributed by atoms with Crippen LogP contribution >= 0.6 is 15.9 Å². The summed E-state index contributed by atoms with van der Waals surface area (Å²) in [7, 11) is 0. The van der Waals surface area contributed by atoms with Crippen molar-refractivity contribution in [1.82, 2.24) is 10.2 Å². The molecule has 21 heavy (non-hydrogen) atoms. The molecule has 114 valence electrons. The van der Waals surface area contributed by atoms with E-state index in [1.165, 1.54) is 24.8 Å². The molecule has 4 heteroatoms. The number of hydrogen-bond acceptors (Lipinski definition) is 2. The van der Waals surface area contributed by atoms with E-state index in [9.17, 15) is 4.79 Å². The maximum absolute atomic E-state index is 12.2. The first-order valence-corrected chi connectivity index (χ1v) is 8.77. The van der Waals surface area contributed by atoms with Gasteiger partial charge in [0.1, 0.15) is 0 Å². The fraction of sp³-hybridized carbons (Fsp3) is 0.588. The molecule has 1 N–H and O–H groups in total. The van der Waals surface area contributed by atoms with Gasteiger partial charge in [0.15, 0.2) is 0 Å². The van der Waals surface area contributed by atoms with Crippen molar-refractivity contribution in [1.29, 1.82) is 0 Å². The van der Waals surface area contributed by atoms with E-state index in [-0.39, 0.29) is 5.92 Å². The molecule has 3 rings (SSSR count). The second kappa shape index (κ2) is 6.93. The highest BCUT2D eigenvalue weighted by molar-refractivity contribution is 9.10. The summed E-state index contributed by atoms with van der Waals surface area (Å²) in [4.78, 5) is 14.6. The molecular formula is C17H23BrN2O. The monoisotopic (exact) mass is 350 g/mol. The Balaban J connectivity index is 1.43. The number of halogens is 1. The third-order valence-electron chi connectivity index (χ3n) is 4.73. The van der Waals surface area contributed by atoms with Crippen LogP contribution < -0.4 is 5.32 Å². The molecule has 1 aliphatic carbocycles. The second-order valence-electron chi connectivity index (χ2n) is 6.31. The summed E-state index contributed by atoms with van der Waals surface area (Å²) in [6, 6.07) is 8.99. The van der Waals surface area contributed by atoms with Gasteiger partial charge in [0.25, 0.3) is 0 Å². The number of likely N-dealkylation sites (tertiary alicyclic amines) is 1. The normalized spacial score (nSPS) is 21.0. The van der Waals surface area contributed by atoms with Crippen molar-refractivity contribution in [2.75, 3.05) is 13.1 Å². The number of carbonyl (C=O) groups is 1. The van der Waals surface area contributed by atoms with Crippen LogP contribution in [0.25, 0.3) is 0 Å². The zero-order chi connectivity index (χ0) is 14.7. The molecule has 1 aromatic rings. The van der Waals surface area contributed by atoms with Crippen LogP contribution in [0.2, 0.25) is 0 Å². The van der Waals surface area contributed by atoms with E-state index >= 15 is 0 Å². The number of nitrogens with zero attached hydrogens (tertiary/aromatic N) is 1. The molecule has 1 saturated carbocycles. The molecule has 1 aliphatic heterocycles. The van der Waals surface area contributed by atoms with Crippen LogP contribution in [0, 0.1) is 5.92 Å². The topological polar surface area (TPSA) is 32.3 Å². The van der Waals surface area contributed by atoms with Crippen molar-refractivity contribution in [2.45, 2.75) is 44.7 Å². The average molecular weight is 351 g/mol. The standard InChI is InChI=1S/C17H23BrN2O/c18-15-6-4-13(5-7-15)12-20-10-8-14(9-11-20)17(21)19-16-2-1-3-16/h4-7,14,16H,1-3,8-12H2,(H,19,21). The van der Waals surface area contributed by atoms with Crippen molar-refractivity contribution in [3.63, 3.8) is 0 Å². The second-order valence-corrected chi connectivity index (χ2v) is 7.23. The van der Waals surface area contributed by atoms with Gasteiger partial charge < -0.3 is 5.32 Å². The number of benzene rings is 1. The van der Waals surface area contributed by atoms with Gasteiger partial charge >= 0.3 is 0 Å². The van der Waals surface area contributed by atoms with E-state index in [0.29, 0.717) is 11.9 Å². The molecule has 2 fully saturated rings. The smallest absolute Gasteiger partial charge is 0.223 e. The molecule has 0 atom stereocenters. The first kappa shape index (κ1) is 15.0. The van der Waals surface area contributed by atoms with E-state index in [4.69, 9.17) is 0 Å². The summed E-state index contributed by atoms with van der Waals surface area (Å²) in [5.41, 5.74) is 1.34. The minimum absolute atomic E-state index is 0.228. The van der Waals surface area contributed by atoms with Gasteiger partial charge in [-0.3, -0.25) is 9.69 Å². The van der Waals surface area contributed by atoms with Gasteiger partial charge in [-0.25, -0.2) is 0 Å². The van der Waals surface area contributed by atoms with Crippen LogP contribution in [0.4, 0.5) is 0 Å². The lowest BCUT2D eigenvalue weighted by Crippen LogP contribution is -2.45. The molecule has 1 saturated heterocycles. The Hall–Kier alpha value is -0.870. The molecule has 0 aromatic heterocycles. The Labute approximate surface area is 135 Å². The predicted molar refractivity (Wildman–Crippen MR) is 87.9 cm³/mol. The van der Waals surface area contributed by atoms with Crippen LogP contribution in [0.3, 0.4) is 0 Å². The lowest BCUT2D eigenvalue weighted by atomic mass is 9.90.